The molecule has 0 radical (unpaired) electrons. The summed E-state index contributed by atoms with van der Waals surface area (Å²) in [7, 11) is 0. The maximum Gasteiger partial charge on any atom is 0.344 e. The molecule has 9 nitrogen and oxygen atoms in total. The maximum absolute atomic E-state index is 13.2. The van der Waals surface area contributed by atoms with Crippen LogP contribution < -0.4 is 10.8 Å². The maximum atomic E-state index is 13.2. The molecule has 174 valence electrons. The smallest absolute Gasteiger partial charge is 0.322 e. The van der Waals surface area contributed by atoms with Gasteiger partial charge in [-0.15, -0.1) is 0 Å². The van der Waals surface area contributed by atoms with Gasteiger partial charge in [0.25, 0.3) is 11.8 Å². The molecule has 1 aliphatic heterocycles. The molecule has 1 spiro atoms. The van der Waals surface area contributed by atoms with E-state index in [2.05, 4.69) is 5.32 Å². The summed E-state index contributed by atoms with van der Waals surface area (Å²) in [5.74, 6) is -1.60. The van der Waals surface area contributed by atoms with E-state index in [0.717, 1.165) is 22.0 Å². The molecule has 1 heterocycles. The van der Waals surface area contributed by atoms with Gasteiger partial charge in [-0.3, -0.25) is 19.6 Å². The summed E-state index contributed by atoms with van der Waals surface area (Å²) >= 11 is 0. The Morgan fingerprint density at radius 3 is 2.41 bits per heavy atom. The summed E-state index contributed by atoms with van der Waals surface area (Å²) in [5, 5.41) is 13.8. The predicted molar refractivity (Wildman–Crippen MR) is 116 cm³/mol. The van der Waals surface area contributed by atoms with Gasteiger partial charge in [-0.2, -0.15) is 5.01 Å². The molecule has 1 aromatic rings. The third-order valence-electron chi connectivity index (χ3n) is 6.25. The summed E-state index contributed by atoms with van der Waals surface area (Å²) in [6.45, 7) is 3.93. The highest BCUT2D eigenvalue weighted by molar-refractivity contribution is 6.09. The van der Waals surface area contributed by atoms with Crippen molar-refractivity contribution >= 4 is 23.8 Å². The first-order chi connectivity index (χ1) is 15.3. The van der Waals surface area contributed by atoms with Crippen molar-refractivity contribution in [2.45, 2.75) is 76.8 Å². The summed E-state index contributed by atoms with van der Waals surface area (Å²) in [6, 6.07) is 7.78. The summed E-state index contributed by atoms with van der Waals surface area (Å²) in [4.78, 5) is 51.8. The largest absolute Gasteiger partial charge is 0.344 e. The van der Waals surface area contributed by atoms with E-state index >= 15 is 0 Å². The van der Waals surface area contributed by atoms with Gasteiger partial charge in [0.05, 0.1) is 0 Å². The molecule has 0 bridgehead atoms. The number of amides is 5. The number of nitrogens with zero attached hydrogens (tertiary/aromatic N) is 2. The standard InChI is InChI=1S/C23H32N4O5/c1-16(2)12-13-19(28)26(27-21(30)23(14-7-15-23)24-22(27)31)18(20(29)25-32)11-6-10-17-8-4-3-5-9-17/h3-5,8-9,16,18,32H,6-7,10-15H2,1-2H3,(H,24,31)(H,25,29)/t18-/m0/s1. The average molecular weight is 445 g/mol. The van der Waals surface area contributed by atoms with E-state index in [4.69, 9.17) is 0 Å². The Labute approximate surface area is 188 Å². The number of hydrazine groups is 1. The van der Waals surface area contributed by atoms with E-state index in [1.54, 1.807) is 5.48 Å². The van der Waals surface area contributed by atoms with Crippen LogP contribution in [0.3, 0.4) is 0 Å². The number of carbonyl (C=O) groups excluding carboxylic acids is 4. The van der Waals surface area contributed by atoms with Crippen molar-refractivity contribution in [3.05, 3.63) is 35.9 Å². The average Bonchev–Trinajstić information content (AvgIpc) is 3.02. The van der Waals surface area contributed by atoms with Gasteiger partial charge in [0.15, 0.2) is 0 Å². The van der Waals surface area contributed by atoms with Crippen LogP contribution in [0.1, 0.15) is 64.4 Å². The van der Waals surface area contributed by atoms with Crippen LogP contribution in [0.4, 0.5) is 4.79 Å². The lowest BCUT2D eigenvalue weighted by molar-refractivity contribution is -0.168. The monoisotopic (exact) mass is 444 g/mol. The number of hydrogen-bond acceptors (Lipinski definition) is 5. The molecule has 5 amide bonds. The van der Waals surface area contributed by atoms with Crippen LogP contribution in [0.5, 0.6) is 0 Å². The highest BCUT2D eigenvalue weighted by Gasteiger charge is 2.58. The van der Waals surface area contributed by atoms with Crippen LogP contribution in [0.2, 0.25) is 0 Å². The minimum Gasteiger partial charge on any atom is -0.322 e. The fourth-order valence-corrected chi connectivity index (χ4v) is 4.21. The molecule has 9 heteroatoms. The van der Waals surface area contributed by atoms with Crippen molar-refractivity contribution < 1.29 is 24.4 Å². The summed E-state index contributed by atoms with van der Waals surface area (Å²) < 4.78 is 0. The van der Waals surface area contributed by atoms with Crippen molar-refractivity contribution in [2.75, 3.05) is 0 Å². The molecule has 32 heavy (non-hydrogen) atoms. The first kappa shape index (κ1) is 23.7. The topological polar surface area (TPSA) is 119 Å². The number of carbonyl (C=O) groups is 4. The molecular formula is C23H32N4O5. The van der Waals surface area contributed by atoms with Crippen molar-refractivity contribution in [3.63, 3.8) is 0 Å². The van der Waals surface area contributed by atoms with Crippen LogP contribution in [-0.4, -0.2) is 50.6 Å². The zero-order valence-corrected chi connectivity index (χ0v) is 18.7. The van der Waals surface area contributed by atoms with Crippen molar-refractivity contribution in [2.24, 2.45) is 5.92 Å². The molecule has 1 saturated carbocycles. The molecule has 1 aliphatic carbocycles. The van der Waals surface area contributed by atoms with Crippen LogP contribution in [-0.2, 0) is 20.8 Å². The number of nitrogens with one attached hydrogen (secondary N) is 2. The second kappa shape index (κ2) is 10.1. The van der Waals surface area contributed by atoms with Crippen LogP contribution in [0.15, 0.2) is 30.3 Å². The second-order valence-electron chi connectivity index (χ2n) is 9.02. The molecule has 2 fully saturated rings. The molecule has 1 saturated heterocycles. The fraction of sp³-hybridized carbons (Fsp3) is 0.565. The van der Waals surface area contributed by atoms with E-state index in [1.807, 2.05) is 44.2 Å². The van der Waals surface area contributed by atoms with Crippen molar-refractivity contribution in [3.8, 4) is 0 Å². The number of urea groups is 1. The molecule has 1 atom stereocenters. The molecule has 3 rings (SSSR count). The summed E-state index contributed by atoms with van der Waals surface area (Å²) in [5.41, 5.74) is 1.69. The number of hydrogen-bond donors (Lipinski definition) is 3. The zero-order valence-electron chi connectivity index (χ0n) is 18.7. The van der Waals surface area contributed by atoms with Gasteiger partial charge in [-0.05, 0) is 56.4 Å². The Bertz CT molecular complexity index is 853. The number of imide groups is 1. The van der Waals surface area contributed by atoms with Gasteiger partial charge >= 0.3 is 6.03 Å². The number of benzene rings is 1. The van der Waals surface area contributed by atoms with E-state index in [1.165, 1.54) is 0 Å². The number of hydroxylamine groups is 1. The van der Waals surface area contributed by atoms with Gasteiger partial charge in [0.2, 0.25) is 5.91 Å². The predicted octanol–water partition coefficient (Wildman–Crippen LogP) is 2.54. The van der Waals surface area contributed by atoms with Gasteiger partial charge in [-0.1, -0.05) is 44.2 Å². The Kier molecular flexibility index (Phi) is 7.50. The second-order valence-corrected chi connectivity index (χ2v) is 9.02. The number of rotatable bonds is 10. The lowest BCUT2D eigenvalue weighted by atomic mass is 9.77. The van der Waals surface area contributed by atoms with E-state index in [9.17, 15) is 24.4 Å². The molecular weight excluding hydrogens is 412 g/mol. The summed E-state index contributed by atoms with van der Waals surface area (Å²) in [6.07, 6.45) is 3.79. The van der Waals surface area contributed by atoms with Gasteiger partial charge in [-0.25, -0.2) is 15.3 Å². The fourth-order valence-electron chi connectivity index (χ4n) is 4.21. The Hall–Kier alpha value is -2.94. The third-order valence-corrected chi connectivity index (χ3v) is 6.25. The first-order valence-electron chi connectivity index (χ1n) is 11.3. The first-order valence-corrected chi connectivity index (χ1v) is 11.3. The van der Waals surface area contributed by atoms with Crippen molar-refractivity contribution in [1.82, 2.24) is 20.8 Å². The van der Waals surface area contributed by atoms with E-state index < -0.39 is 35.3 Å². The molecule has 2 aliphatic rings. The van der Waals surface area contributed by atoms with Crippen LogP contribution >= 0.6 is 0 Å². The minimum atomic E-state index is -1.19. The van der Waals surface area contributed by atoms with Crippen molar-refractivity contribution in [1.29, 1.82) is 0 Å². The number of aryl methyl sites for hydroxylation is 1. The lowest BCUT2D eigenvalue weighted by Gasteiger charge is -2.38. The Balaban J connectivity index is 1.85. The van der Waals surface area contributed by atoms with Crippen LogP contribution in [0, 0.1) is 5.92 Å². The van der Waals surface area contributed by atoms with E-state index in [-0.39, 0.29) is 18.8 Å². The Morgan fingerprint density at radius 2 is 1.88 bits per heavy atom. The molecule has 3 N–H and O–H groups in total. The molecule has 1 aromatic carbocycles. The highest BCUT2D eigenvalue weighted by atomic mass is 16.5. The van der Waals surface area contributed by atoms with Crippen LogP contribution in [0.25, 0.3) is 0 Å². The normalized spacial score (nSPS) is 17.8. The van der Waals surface area contributed by atoms with Gasteiger partial charge in [0.1, 0.15) is 11.6 Å². The molecule has 0 aromatic heterocycles. The molecule has 0 unspecified atom stereocenters. The zero-order chi connectivity index (χ0) is 23.3. The van der Waals surface area contributed by atoms with Gasteiger partial charge < -0.3 is 5.32 Å². The minimum absolute atomic E-state index is 0.0790. The van der Waals surface area contributed by atoms with E-state index in [0.29, 0.717) is 32.1 Å². The quantitative estimate of drug-likeness (QED) is 0.291. The highest BCUT2D eigenvalue weighted by Crippen LogP contribution is 2.38. The van der Waals surface area contributed by atoms with Gasteiger partial charge in [0, 0.05) is 6.42 Å². The SMILES string of the molecule is CC(C)CCC(=O)N([C@@H](CCCc1ccccc1)C(=O)NO)N1C(=O)NC2(CCC2)C1=O. The lowest BCUT2D eigenvalue weighted by Crippen LogP contribution is -2.60. The third kappa shape index (κ3) is 4.93. The Morgan fingerprint density at radius 1 is 1.19 bits per heavy atom.